The number of hydrogen-bond acceptors (Lipinski definition) is 3. The van der Waals surface area contributed by atoms with Gasteiger partial charge in [0, 0.05) is 13.1 Å². The second-order valence-corrected chi connectivity index (χ2v) is 4.71. The van der Waals surface area contributed by atoms with Crippen molar-refractivity contribution in [1.29, 1.82) is 0 Å². The van der Waals surface area contributed by atoms with Crippen LogP contribution in [0, 0.1) is 5.92 Å². The third-order valence-electron chi connectivity index (χ3n) is 3.31. The minimum atomic E-state index is -0.968. The lowest BCUT2D eigenvalue weighted by molar-refractivity contribution is -0.154. The molecule has 0 aromatic heterocycles. The summed E-state index contributed by atoms with van der Waals surface area (Å²) >= 11 is 0. The molecule has 2 aliphatic rings. The fourth-order valence-electron chi connectivity index (χ4n) is 2.34. The predicted molar refractivity (Wildman–Crippen MR) is 55.9 cm³/mol. The molecule has 3 unspecified atom stereocenters. The van der Waals surface area contributed by atoms with E-state index in [0.29, 0.717) is 18.8 Å². The van der Waals surface area contributed by atoms with Gasteiger partial charge in [0.2, 0.25) is 0 Å². The van der Waals surface area contributed by atoms with Gasteiger partial charge in [0.15, 0.2) is 6.10 Å². The Labute approximate surface area is 94.4 Å². The molecule has 5 heteroatoms. The molecular formula is C11H17NO4. The Balaban J connectivity index is 1.89. The number of carboxylic acids is 1. The van der Waals surface area contributed by atoms with Crippen molar-refractivity contribution in [3.8, 4) is 0 Å². The van der Waals surface area contributed by atoms with E-state index in [1.807, 2.05) is 0 Å². The maximum Gasteiger partial charge on any atom is 0.332 e. The molecule has 0 bridgehead atoms. The summed E-state index contributed by atoms with van der Waals surface area (Å²) in [4.78, 5) is 24.5. The van der Waals surface area contributed by atoms with Gasteiger partial charge in [-0.2, -0.15) is 0 Å². The number of nitrogens with zero attached hydrogens (tertiary/aromatic N) is 1. The number of likely N-dealkylation sites (tertiary alicyclic amines) is 1. The molecule has 16 heavy (non-hydrogen) atoms. The molecule has 3 atom stereocenters. The Morgan fingerprint density at radius 2 is 1.94 bits per heavy atom. The molecule has 0 aliphatic carbocycles. The Morgan fingerprint density at radius 1 is 1.25 bits per heavy atom. The molecule has 5 nitrogen and oxygen atoms in total. The van der Waals surface area contributed by atoms with Gasteiger partial charge in [-0.05, 0) is 25.2 Å². The summed E-state index contributed by atoms with van der Waals surface area (Å²) in [7, 11) is 0. The highest BCUT2D eigenvalue weighted by Gasteiger charge is 2.38. The van der Waals surface area contributed by atoms with Crippen molar-refractivity contribution in [3.63, 3.8) is 0 Å². The molecule has 0 spiro atoms. The standard InChI is InChI=1S/C11H17NO4/c1-7-4-5-12(6-7)10(13)8-2-3-9(16-8)11(14)15/h7-9H,2-6H2,1H3,(H,14,15). The van der Waals surface area contributed by atoms with Crippen molar-refractivity contribution >= 4 is 11.9 Å². The second-order valence-electron chi connectivity index (χ2n) is 4.71. The van der Waals surface area contributed by atoms with E-state index in [-0.39, 0.29) is 5.91 Å². The maximum atomic E-state index is 12.0. The van der Waals surface area contributed by atoms with E-state index in [1.165, 1.54) is 0 Å². The van der Waals surface area contributed by atoms with Gasteiger partial charge in [-0.3, -0.25) is 4.79 Å². The Morgan fingerprint density at radius 3 is 2.44 bits per heavy atom. The van der Waals surface area contributed by atoms with Gasteiger partial charge < -0.3 is 14.7 Å². The number of hydrogen-bond donors (Lipinski definition) is 1. The molecule has 2 saturated heterocycles. The number of carboxylic acid groups (broad SMARTS) is 1. The lowest BCUT2D eigenvalue weighted by Gasteiger charge is -2.20. The van der Waals surface area contributed by atoms with Crippen LogP contribution in [-0.2, 0) is 14.3 Å². The van der Waals surface area contributed by atoms with Crippen molar-refractivity contribution < 1.29 is 19.4 Å². The van der Waals surface area contributed by atoms with Crippen molar-refractivity contribution in [1.82, 2.24) is 4.90 Å². The molecule has 0 aromatic carbocycles. The van der Waals surface area contributed by atoms with Crippen LogP contribution in [0.15, 0.2) is 0 Å². The number of rotatable bonds is 2. The fraction of sp³-hybridized carbons (Fsp3) is 0.818. The first kappa shape index (κ1) is 11.4. The predicted octanol–water partition coefficient (Wildman–Crippen LogP) is 0.487. The zero-order valence-electron chi connectivity index (χ0n) is 9.39. The molecule has 0 aromatic rings. The third-order valence-corrected chi connectivity index (χ3v) is 3.31. The third kappa shape index (κ3) is 2.19. The highest BCUT2D eigenvalue weighted by molar-refractivity contribution is 5.83. The first-order valence-electron chi connectivity index (χ1n) is 5.75. The number of amides is 1. The topological polar surface area (TPSA) is 66.8 Å². The first-order valence-corrected chi connectivity index (χ1v) is 5.75. The zero-order chi connectivity index (χ0) is 11.7. The number of carbonyl (C=O) groups excluding carboxylic acids is 1. The Hall–Kier alpha value is -1.10. The SMILES string of the molecule is CC1CCN(C(=O)C2CCC(C(=O)O)O2)C1. The lowest BCUT2D eigenvalue weighted by Crippen LogP contribution is -2.38. The van der Waals surface area contributed by atoms with Crippen LogP contribution in [0.25, 0.3) is 0 Å². The van der Waals surface area contributed by atoms with Gasteiger partial charge >= 0.3 is 5.97 Å². The van der Waals surface area contributed by atoms with Crippen LogP contribution in [0.3, 0.4) is 0 Å². The van der Waals surface area contributed by atoms with Crippen LogP contribution in [-0.4, -0.2) is 47.2 Å². The highest BCUT2D eigenvalue weighted by atomic mass is 16.5. The zero-order valence-corrected chi connectivity index (χ0v) is 9.39. The fourth-order valence-corrected chi connectivity index (χ4v) is 2.34. The Bertz CT molecular complexity index is 304. The van der Waals surface area contributed by atoms with Crippen LogP contribution in [0.1, 0.15) is 26.2 Å². The minimum absolute atomic E-state index is 0.0342. The van der Waals surface area contributed by atoms with Crippen molar-refractivity contribution in [2.75, 3.05) is 13.1 Å². The lowest BCUT2D eigenvalue weighted by atomic mass is 10.1. The van der Waals surface area contributed by atoms with Gasteiger partial charge in [0.1, 0.15) is 6.10 Å². The average molecular weight is 227 g/mol. The number of ether oxygens (including phenoxy) is 1. The molecular weight excluding hydrogens is 210 g/mol. The van der Waals surface area contributed by atoms with E-state index in [4.69, 9.17) is 9.84 Å². The normalized spacial score (nSPS) is 34.3. The number of aliphatic carboxylic acids is 1. The first-order chi connectivity index (χ1) is 7.58. The van der Waals surface area contributed by atoms with Gasteiger partial charge in [0.05, 0.1) is 0 Å². The van der Waals surface area contributed by atoms with Gasteiger partial charge in [-0.25, -0.2) is 4.79 Å². The monoisotopic (exact) mass is 227 g/mol. The van der Waals surface area contributed by atoms with Crippen LogP contribution in [0.4, 0.5) is 0 Å². The van der Waals surface area contributed by atoms with E-state index in [9.17, 15) is 9.59 Å². The molecule has 2 fully saturated rings. The van der Waals surface area contributed by atoms with Crippen molar-refractivity contribution in [2.45, 2.75) is 38.4 Å². The molecule has 2 aliphatic heterocycles. The summed E-state index contributed by atoms with van der Waals surface area (Å²) in [5.74, 6) is -0.459. The second kappa shape index (κ2) is 4.41. The molecule has 1 N–H and O–H groups in total. The van der Waals surface area contributed by atoms with Crippen molar-refractivity contribution in [3.05, 3.63) is 0 Å². The summed E-state index contributed by atoms with van der Waals surface area (Å²) in [5, 5.41) is 8.77. The van der Waals surface area contributed by atoms with Crippen LogP contribution in [0.2, 0.25) is 0 Å². The maximum absolute atomic E-state index is 12.0. The van der Waals surface area contributed by atoms with E-state index in [1.54, 1.807) is 4.90 Å². The van der Waals surface area contributed by atoms with Gasteiger partial charge in [-0.1, -0.05) is 6.92 Å². The molecule has 2 rings (SSSR count). The quantitative estimate of drug-likeness (QED) is 0.745. The number of carbonyl (C=O) groups is 2. The summed E-state index contributed by atoms with van der Waals surface area (Å²) in [5.41, 5.74) is 0. The van der Waals surface area contributed by atoms with Gasteiger partial charge in [0.25, 0.3) is 5.91 Å². The summed E-state index contributed by atoms with van der Waals surface area (Å²) in [6.07, 6.45) is 0.664. The van der Waals surface area contributed by atoms with E-state index in [0.717, 1.165) is 19.5 Å². The molecule has 0 radical (unpaired) electrons. The van der Waals surface area contributed by atoms with Crippen molar-refractivity contribution in [2.24, 2.45) is 5.92 Å². The smallest absolute Gasteiger partial charge is 0.332 e. The van der Waals surface area contributed by atoms with Crippen LogP contribution >= 0.6 is 0 Å². The largest absolute Gasteiger partial charge is 0.479 e. The van der Waals surface area contributed by atoms with Gasteiger partial charge in [-0.15, -0.1) is 0 Å². The van der Waals surface area contributed by atoms with E-state index >= 15 is 0 Å². The molecule has 90 valence electrons. The summed E-state index contributed by atoms with van der Waals surface area (Å²) < 4.78 is 5.24. The molecule has 0 saturated carbocycles. The van der Waals surface area contributed by atoms with E-state index in [2.05, 4.69) is 6.92 Å². The summed E-state index contributed by atoms with van der Waals surface area (Å²) in [6.45, 7) is 3.66. The van der Waals surface area contributed by atoms with E-state index < -0.39 is 18.2 Å². The highest BCUT2D eigenvalue weighted by Crippen LogP contribution is 2.24. The molecule has 2 heterocycles. The summed E-state index contributed by atoms with van der Waals surface area (Å²) in [6, 6.07) is 0. The molecule has 1 amide bonds. The van der Waals surface area contributed by atoms with Crippen LogP contribution < -0.4 is 0 Å². The average Bonchev–Trinajstić information content (AvgIpc) is 2.84. The Kier molecular flexibility index (Phi) is 3.14. The van der Waals surface area contributed by atoms with Crippen LogP contribution in [0.5, 0.6) is 0 Å². The minimum Gasteiger partial charge on any atom is -0.479 e.